The predicted molar refractivity (Wildman–Crippen MR) is 107 cm³/mol. The van der Waals surface area contributed by atoms with Gasteiger partial charge in [0.2, 0.25) is 17.6 Å². The number of hydrogen-bond donors (Lipinski definition) is 1. The number of aryl methyl sites for hydroxylation is 1. The minimum absolute atomic E-state index is 0.0684. The first-order chi connectivity index (χ1) is 14.0. The van der Waals surface area contributed by atoms with E-state index < -0.39 is 5.63 Å². The highest BCUT2D eigenvalue weighted by molar-refractivity contribution is 5.89. The second-order valence-electron chi connectivity index (χ2n) is 7.04. The summed E-state index contributed by atoms with van der Waals surface area (Å²) in [6.45, 7) is 3.66. The van der Waals surface area contributed by atoms with Gasteiger partial charge in [-0.25, -0.2) is 4.79 Å². The fraction of sp³-hybridized carbons (Fsp3) is 0.476. The Morgan fingerprint density at radius 1 is 1.24 bits per heavy atom. The highest BCUT2D eigenvalue weighted by Gasteiger charge is 2.20. The number of amides is 2. The zero-order valence-electron chi connectivity index (χ0n) is 17.0. The fourth-order valence-electron chi connectivity index (χ4n) is 3.63. The maximum absolute atomic E-state index is 12.5. The van der Waals surface area contributed by atoms with Crippen LogP contribution in [-0.2, 0) is 16.0 Å². The maximum Gasteiger partial charge on any atom is 0.340 e. The maximum atomic E-state index is 12.5. The number of ether oxygens (including phenoxy) is 2. The van der Waals surface area contributed by atoms with Crippen molar-refractivity contribution in [3.8, 4) is 11.5 Å². The van der Waals surface area contributed by atoms with Gasteiger partial charge >= 0.3 is 5.63 Å². The topological polar surface area (TPSA) is 98.1 Å². The zero-order valence-corrected chi connectivity index (χ0v) is 17.0. The molecule has 1 fully saturated rings. The molecule has 0 spiro atoms. The molecule has 0 bridgehead atoms. The number of carbonyl (C=O) groups excluding carboxylic acids is 2. The fourth-order valence-corrected chi connectivity index (χ4v) is 3.63. The summed E-state index contributed by atoms with van der Waals surface area (Å²) in [5, 5.41) is 3.50. The number of rotatable bonds is 8. The molecule has 1 aliphatic heterocycles. The van der Waals surface area contributed by atoms with Crippen LogP contribution in [0.4, 0.5) is 0 Å². The molecule has 0 atom stereocenters. The van der Waals surface area contributed by atoms with E-state index in [0.717, 1.165) is 13.0 Å². The van der Waals surface area contributed by atoms with Crippen LogP contribution in [0.15, 0.2) is 21.3 Å². The molecule has 8 heteroatoms. The Morgan fingerprint density at radius 2 is 2.03 bits per heavy atom. The van der Waals surface area contributed by atoms with Crippen LogP contribution in [-0.4, -0.2) is 50.6 Å². The van der Waals surface area contributed by atoms with Crippen LogP contribution in [0.2, 0.25) is 0 Å². The van der Waals surface area contributed by atoms with E-state index in [0.29, 0.717) is 59.5 Å². The van der Waals surface area contributed by atoms with Crippen molar-refractivity contribution in [1.82, 2.24) is 10.2 Å². The number of methoxy groups -OCH3 is 2. The molecule has 0 radical (unpaired) electrons. The Bertz CT molecular complexity index is 981. The molecular weight excluding hydrogens is 376 g/mol. The molecule has 1 saturated heterocycles. The van der Waals surface area contributed by atoms with Gasteiger partial charge in [-0.2, -0.15) is 0 Å². The highest BCUT2D eigenvalue weighted by atomic mass is 16.5. The number of benzene rings is 1. The van der Waals surface area contributed by atoms with Crippen molar-refractivity contribution in [2.45, 2.75) is 32.6 Å². The molecule has 2 aromatic rings. The van der Waals surface area contributed by atoms with Gasteiger partial charge in [-0.1, -0.05) is 0 Å². The van der Waals surface area contributed by atoms with Crippen molar-refractivity contribution in [1.29, 1.82) is 0 Å². The average Bonchev–Trinajstić information content (AvgIpc) is 3.12. The molecule has 0 saturated carbocycles. The van der Waals surface area contributed by atoms with E-state index >= 15 is 0 Å². The van der Waals surface area contributed by atoms with E-state index in [9.17, 15) is 14.4 Å². The molecule has 2 amide bonds. The SMILES string of the molecule is COc1ccc2c(C)c(CC(=O)NCCCN3CCCC3=O)c(=O)oc2c1OC. The molecule has 156 valence electrons. The lowest BCUT2D eigenvalue weighted by Crippen LogP contribution is -2.32. The van der Waals surface area contributed by atoms with Crippen LogP contribution in [0.25, 0.3) is 11.0 Å². The third-order valence-electron chi connectivity index (χ3n) is 5.23. The number of likely N-dealkylation sites (tertiary alicyclic amines) is 1. The third-order valence-corrected chi connectivity index (χ3v) is 5.23. The predicted octanol–water partition coefficient (Wildman–Crippen LogP) is 1.79. The molecule has 2 heterocycles. The van der Waals surface area contributed by atoms with Gasteiger partial charge in [-0.3, -0.25) is 9.59 Å². The van der Waals surface area contributed by atoms with Crippen molar-refractivity contribution in [3.63, 3.8) is 0 Å². The summed E-state index contributed by atoms with van der Waals surface area (Å²) in [5.41, 5.74) is 0.722. The average molecular weight is 402 g/mol. The summed E-state index contributed by atoms with van der Waals surface area (Å²) in [4.78, 5) is 38.2. The molecule has 1 aromatic carbocycles. The molecule has 1 N–H and O–H groups in total. The molecular formula is C21H26N2O6. The highest BCUT2D eigenvalue weighted by Crippen LogP contribution is 2.36. The van der Waals surface area contributed by atoms with Crippen molar-refractivity contribution in [2.24, 2.45) is 0 Å². The van der Waals surface area contributed by atoms with Crippen molar-refractivity contribution in [3.05, 3.63) is 33.7 Å². The van der Waals surface area contributed by atoms with Gasteiger partial charge in [0, 0.05) is 31.4 Å². The van der Waals surface area contributed by atoms with Gasteiger partial charge in [0.15, 0.2) is 11.3 Å². The van der Waals surface area contributed by atoms with E-state index in [1.54, 1.807) is 19.1 Å². The number of nitrogens with one attached hydrogen (secondary N) is 1. The van der Waals surface area contributed by atoms with Gasteiger partial charge < -0.3 is 24.1 Å². The lowest BCUT2D eigenvalue weighted by Gasteiger charge is -2.15. The van der Waals surface area contributed by atoms with E-state index in [4.69, 9.17) is 13.9 Å². The zero-order chi connectivity index (χ0) is 21.0. The summed E-state index contributed by atoms with van der Waals surface area (Å²) in [7, 11) is 2.98. The van der Waals surface area contributed by atoms with Gasteiger partial charge in [0.05, 0.1) is 26.2 Å². The number of nitrogens with zero attached hydrogens (tertiary/aromatic N) is 1. The van der Waals surface area contributed by atoms with E-state index in [1.165, 1.54) is 14.2 Å². The van der Waals surface area contributed by atoms with E-state index in [2.05, 4.69) is 5.32 Å². The minimum atomic E-state index is -0.570. The van der Waals surface area contributed by atoms with Crippen LogP contribution >= 0.6 is 0 Å². The Hall–Kier alpha value is -3.03. The molecule has 1 aromatic heterocycles. The molecule has 0 aliphatic carbocycles. The lowest BCUT2D eigenvalue weighted by atomic mass is 10.0. The molecule has 3 rings (SSSR count). The monoisotopic (exact) mass is 402 g/mol. The first-order valence-electron chi connectivity index (χ1n) is 9.68. The number of fused-ring (bicyclic) bond motifs is 1. The van der Waals surface area contributed by atoms with E-state index in [1.807, 2.05) is 4.90 Å². The summed E-state index contributed by atoms with van der Waals surface area (Å²) in [6, 6.07) is 3.51. The lowest BCUT2D eigenvalue weighted by molar-refractivity contribution is -0.127. The second kappa shape index (κ2) is 8.98. The van der Waals surface area contributed by atoms with Crippen molar-refractivity contribution in [2.75, 3.05) is 33.9 Å². The van der Waals surface area contributed by atoms with Crippen LogP contribution < -0.4 is 20.4 Å². The van der Waals surface area contributed by atoms with Crippen LogP contribution in [0.1, 0.15) is 30.4 Å². The van der Waals surface area contributed by atoms with Crippen molar-refractivity contribution < 1.29 is 23.5 Å². The number of carbonyl (C=O) groups is 2. The number of hydrogen-bond acceptors (Lipinski definition) is 6. The van der Waals surface area contributed by atoms with Crippen LogP contribution in [0.3, 0.4) is 0 Å². The van der Waals surface area contributed by atoms with E-state index in [-0.39, 0.29) is 18.2 Å². The molecule has 1 aliphatic rings. The van der Waals surface area contributed by atoms with Gasteiger partial charge in [0.1, 0.15) is 0 Å². The van der Waals surface area contributed by atoms with Crippen LogP contribution in [0, 0.1) is 6.92 Å². The first kappa shape index (κ1) is 20.7. The minimum Gasteiger partial charge on any atom is -0.493 e. The Morgan fingerprint density at radius 3 is 2.69 bits per heavy atom. The molecule has 29 heavy (non-hydrogen) atoms. The smallest absolute Gasteiger partial charge is 0.340 e. The normalized spacial score (nSPS) is 13.8. The van der Waals surface area contributed by atoms with Gasteiger partial charge in [-0.05, 0) is 37.5 Å². The molecule has 0 unspecified atom stereocenters. The summed E-state index contributed by atoms with van der Waals surface area (Å²) in [5.74, 6) is 0.725. The first-order valence-corrected chi connectivity index (χ1v) is 9.68. The second-order valence-corrected chi connectivity index (χ2v) is 7.04. The quantitative estimate of drug-likeness (QED) is 0.534. The Kier molecular flexibility index (Phi) is 6.41. The van der Waals surface area contributed by atoms with Gasteiger partial charge in [0.25, 0.3) is 0 Å². The van der Waals surface area contributed by atoms with Crippen molar-refractivity contribution >= 4 is 22.8 Å². The van der Waals surface area contributed by atoms with Gasteiger partial charge in [-0.15, -0.1) is 0 Å². The Labute approximate surface area is 168 Å². The molecule has 8 nitrogen and oxygen atoms in total. The summed E-state index contributed by atoms with van der Waals surface area (Å²) >= 11 is 0. The van der Waals surface area contributed by atoms with Crippen LogP contribution in [0.5, 0.6) is 11.5 Å². The summed E-state index contributed by atoms with van der Waals surface area (Å²) < 4.78 is 16.0. The third kappa shape index (κ3) is 4.36. The standard InChI is InChI=1S/C21H26N2O6/c1-13-14-7-8-16(27-2)20(28-3)19(14)29-21(26)15(13)12-17(24)22-9-5-11-23-10-4-6-18(23)25/h7-8H,4-6,9-12H2,1-3H3,(H,22,24). The summed E-state index contributed by atoms with van der Waals surface area (Å²) in [6.07, 6.45) is 2.12. The largest absolute Gasteiger partial charge is 0.493 e. The Balaban J connectivity index is 1.68.